The largest absolute Gasteiger partial charge is 0.503 e. The molecule has 0 saturated heterocycles. The van der Waals surface area contributed by atoms with Crippen molar-refractivity contribution < 1.29 is 24.1 Å². The summed E-state index contributed by atoms with van der Waals surface area (Å²) < 4.78 is 15.3. The molecule has 60 valence electrons. The van der Waals surface area contributed by atoms with Crippen molar-refractivity contribution in [3.05, 3.63) is 12.6 Å². The van der Waals surface area contributed by atoms with Crippen LogP contribution in [-0.2, 0) is 4.74 Å². The molecule has 0 amide bonds. The Morgan fingerprint density at radius 3 is 2.20 bits per heavy atom. The minimum atomic E-state index is -1.83. The SMILES string of the molecule is CCOC=CF.O=C(O)O. The molecule has 0 bridgehead atoms. The molecular weight excluding hydrogens is 143 g/mol. The normalized spacial score (nSPS) is 8.20. The summed E-state index contributed by atoms with van der Waals surface area (Å²) in [5.41, 5.74) is 0. The second kappa shape index (κ2) is 10.7. The summed E-state index contributed by atoms with van der Waals surface area (Å²) in [7, 11) is 0. The Hall–Kier alpha value is -1.26. The number of ether oxygens (including phenoxy) is 1. The third kappa shape index (κ3) is 73.3. The summed E-state index contributed by atoms with van der Waals surface area (Å²) >= 11 is 0. The van der Waals surface area contributed by atoms with Gasteiger partial charge >= 0.3 is 6.16 Å². The number of carboxylic acid groups (broad SMARTS) is 2. The van der Waals surface area contributed by atoms with Crippen LogP contribution >= 0.6 is 0 Å². The first-order valence-corrected chi connectivity index (χ1v) is 2.43. The predicted molar refractivity (Wildman–Crippen MR) is 32.5 cm³/mol. The first-order valence-electron chi connectivity index (χ1n) is 2.43. The van der Waals surface area contributed by atoms with Gasteiger partial charge < -0.3 is 14.9 Å². The van der Waals surface area contributed by atoms with Crippen molar-refractivity contribution in [1.82, 2.24) is 0 Å². The highest BCUT2D eigenvalue weighted by Gasteiger charge is 1.70. The molecule has 0 rings (SSSR count). The molecule has 5 heteroatoms. The van der Waals surface area contributed by atoms with E-state index in [1.54, 1.807) is 6.92 Å². The van der Waals surface area contributed by atoms with Crippen LogP contribution in [0.25, 0.3) is 0 Å². The van der Waals surface area contributed by atoms with Crippen LogP contribution in [0.2, 0.25) is 0 Å². The van der Waals surface area contributed by atoms with Gasteiger partial charge in [0.05, 0.1) is 6.61 Å². The summed E-state index contributed by atoms with van der Waals surface area (Å²) in [5.74, 6) is 0. The van der Waals surface area contributed by atoms with Gasteiger partial charge in [0.15, 0.2) is 0 Å². The zero-order valence-electron chi connectivity index (χ0n) is 5.45. The van der Waals surface area contributed by atoms with Crippen molar-refractivity contribution in [2.45, 2.75) is 6.92 Å². The monoisotopic (exact) mass is 152 g/mol. The second-order valence-corrected chi connectivity index (χ2v) is 1.000. The molecule has 0 atom stereocenters. The maximum absolute atomic E-state index is 10.9. The lowest BCUT2D eigenvalue weighted by atomic mass is 10.9. The Labute approximate surface area is 57.5 Å². The minimum Gasteiger partial charge on any atom is -0.499 e. The molecule has 0 fully saturated rings. The maximum atomic E-state index is 10.9. The molecule has 0 saturated carbocycles. The van der Waals surface area contributed by atoms with E-state index in [4.69, 9.17) is 15.0 Å². The molecule has 0 aliphatic carbocycles. The molecular formula is C5H9FO4. The molecule has 0 unspecified atom stereocenters. The van der Waals surface area contributed by atoms with E-state index < -0.39 is 6.16 Å². The van der Waals surface area contributed by atoms with Gasteiger partial charge in [0.25, 0.3) is 0 Å². The van der Waals surface area contributed by atoms with Crippen molar-refractivity contribution in [3.8, 4) is 0 Å². The van der Waals surface area contributed by atoms with Crippen LogP contribution in [-0.4, -0.2) is 23.0 Å². The van der Waals surface area contributed by atoms with Gasteiger partial charge in [-0.3, -0.25) is 0 Å². The van der Waals surface area contributed by atoms with E-state index in [9.17, 15) is 4.39 Å². The Bertz CT molecular complexity index is 97.8. The van der Waals surface area contributed by atoms with Crippen LogP contribution < -0.4 is 0 Å². The van der Waals surface area contributed by atoms with Gasteiger partial charge in [0, 0.05) is 0 Å². The number of carbonyl (C=O) groups is 1. The van der Waals surface area contributed by atoms with Gasteiger partial charge in [-0.25, -0.2) is 9.18 Å². The highest BCUT2D eigenvalue weighted by Crippen LogP contribution is 1.74. The minimum absolute atomic E-state index is 0.365. The third-order valence-electron chi connectivity index (χ3n) is 0.314. The standard InChI is InChI=1S/C4H7FO.CH2O3/c1-2-6-4-3-5;2-1(3)4/h3-4H,2H2,1H3;(H2,2,3,4). The number of hydrogen-bond acceptors (Lipinski definition) is 2. The first-order chi connectivity index (χ1) is 4.65. The number of hydrogen-bond donors (Lipinski definition) is 2. The number of rotatable bonds is 2. The zero-order valence-corrected chi connectivity index (χ0v) is 5.45. The fourth-order valence-corrected chi connectivity index (χ4v) is 0.133. The Kier molecular flexibility index (Phi) is 12.3. The third-order valence-corrected chi connectivity index (χ3v) is 0.314. The van der Waals surface area contributed by atoms with Gasteiger partial charge in [-0.15, -0.1) is 0 Å². The van der Waals surface area contributed by atoms with E-state index in [1.165, 1.54) is 0 Å². The molecule has 0 radical (unpaired) electrons. The second-order valence-electron chi connectivity index (χ2n) is 1.000. The van der Waals surface area contributed by atoms with E-state index in [1.807, 2.05) is 0 Å². The Morgan fingerprint density at radius 2 is 2.10 bits per heavy atom. The van der Waals surface area contributed by atoms with Gasteiger partial charge in [-0.1, -0.05) is 0 Å². The predicted octanol–water partition coefficient (Wildman–Crippen LogP) is 1.69. The van der Waals surface area contributed by atoms with E-state index in [2.05, 4.69) is 4.74 Å². The fraction of sp³-hybridized carbons (Fsp3) is 0.400. The van der Waals surface area contributed by atoms with Crippen molar-refractivity contribution in [3.63, 3.8) is 0 Å². The fourth-order valence-electron chi connectivity index (χ4n) is 0.133. The summed E-state index contributed by atoms with van der Waals surface area (Å²) in [6, 6.07) is 0. The zero-order chi connectivity index (χ0) is 8.41. The molecule has 2 N–H and O–H groups in total. The lowest BCUT2D eigenvalue weighted by Gasteiger charge is -1.85. The van der Waals surface area contributed by atoms with Crippen LogP contribution in [0.3, 0.4) is 0 Å². The van der Waals surface area contributed by atoms with Crippen LogP contribution in [0.4, 0.5) is 9.18 Å². The molecule has 0 aliphatic heterocycles. The van der Waals surface area contributed by atoms with Crippen LogP contribution in [0.15, 0.2) is 12.6 Å². The van der Waals surface area contributed by atoms with Crippen LogP contribution in [0.5, 0.6) is 0 Å². The average molecular weight is 152 g/mol. The van der Waals surface area contributed by atoms with Gasteiger partial charge in [0.1, 0.15) is 12.6 Å². The van der Waals surface area contributed by atoms with Crippen LogP contribution in [0, 0.1) is 0 Å². The topological polar surface area (TPSA) is 66.8 Å². The van der Waals surface area contributed by atoms with Crippen molar-refractivity contribution in [2.75, 3.05) is 6.61 Å². The van der Waals surface area contributed by atoms with Crippen molar-refractivity contribution in [1.29, 1.82) is 0 Å². The number of halogens is 1. The van der Waals surface area contributed by atoms with Gasteiger partial charge in [0.2, 0.25) is 0 Å². The Balaban J connectivity index is 0. The van der Waals surface area contributed by atoms with Gasteiger partial charge in [-0.05, 0) is 6.92 Å². The Morgan fingerprint density at radius 1 is 1.70 bits per heavy atom. The van der Waals surface area contributed by atoms with Gasteiger partial charge in [-0.2, -0.15) is 0 Å². The quantitative estimate of drug-likeness (QED) is 0.591. The first kappa shape index (κ1) is 11.5. The van der Waals surface area contributed by atoms with Crippen molar-refractivity contribution in [2.24, 2.45) is 0 Å². The summed E-state index contributed by atoms with van der Waals surface area (Å²) in [5, 5.41) is 13.9. The summed E-state index contributed by atoms with van der Waals surface area (Å²) in [6.07, 6.45) is -0.455. The molecule has 0 spiro atoms. The molecule has 0 aromatic heterocycles. The smallest absolute Gasteiger partial charge is 0.499 e. The van der Waals surface area contributed by atoms with Crippen LogP contribution in [0.1, 0.15) is 6.92 Å². The molecule has 0 aromatic rings. The maximum Gasteiger partial charge on any atom is 0.503 e. The van der Waals surface area contributed by atoms with Crippen molar-refractivity contribution >= 4 is 6.16 Å². The van der Waals surface area contributed by atoms with E-state index in [-0.39, 0.29) is 0 Å². The molecule has 10 heavy (non-hydrogen) atoms. The molecule has 0 aliphatic rings. The lowest BCUT2D eigenvalue weighted by molar-refractivity contribution is 0.137. The molecule has 0 aromatic carbocycles. The lowest BCUT2D eigenvalue weighted by Crippen LogP contribution is -1.81. The molecule has 4 nitrogen and oxygen atoms in total. The van der Waals surface area contributed by atoms with E-state index in [0.717, 1.165) is 6.26 Å². The highest BCUT2D eigenvalue weighted by molar-refractivity contribution is 5.53. The highest BCUT2D eigenvalue weighted by atomic mass is 19.1. The summed E-state index contributed by atoms with van der Waals surface area (Å²) in [4.78, 5) is 8.56. The molecule has 0 heterocycles. The summed E-state index contributed by atoms with van der Waals surface area (Å²) in [6.45, 7) is 2.32. The van der Waals surface area contributed by atoms with E-state index >= 15 is 0 Å². The average Bonchev–Trinajstić information content (AvgIpc) is 1.82. The van der Waals surface area contributed by atoms with E-state index in [0.29, 0.717) is 12.9 Å².